The molecule has 0 aromatic carbocycles. The van der Waals surface area contributed by atoms with Gasteiger partial charge in [-0.05, 0) is 52.6 Å². The molecule has 1 N–H and O–H groups in total. The molecular weight excluding hydrogens is 234 g/mol. The van der Waals surface area contributed by atoms with Gasteiger partial charge in [-0.1, -0.05) is 13.0 Å². The van der Waals surface area contributed by atoms with E-state index in [4.69, 9.17) is 0 Å². The second-order valence-electron chi connectivity index (χ2n) is 5.88. The summed E-state index contributed by atoms with van der Waals surface area (Å²) >= 11 is 0. The second-order valence-corrected chi connectivity index (χ2v) is 5.88. The van der Waals surface area contributed by atoms with Crippen molar-refractivity contribution in [3.63, 3.8) is 0 Å². The van der Waals surface area contributed by atoms with Gasteiger partial charge < -0.3 is 5.32 Å². The Labute approximate surface area is 117 Å². The molecule has 0 aliphatic carbocycles. The Kier molecular flexibility index (Phi) is 4.81. The van der Waals surface area contributed by atoms with Crippen molar-refractivity contribution in [2.75, 3.05) is 11.9 Å². The Morgan fingerprint density at radius 1 is 1.42 bits per heavy atom. The molecule has 1 aromatic heterocycles. The molecule has 2 rings (SSSR count). The molecule has 0 spiro atoms. The van der Waals surface area contributed by atoms with Crippen LogP contribution in [0.1, 0.15) is 58.6 Å². The molecule has 106 valence electrons. The summed E-state index contributed by atoms with van der Waals surface area (Å²) in [4.78, 5) is 7.16. The minimum atomic E-state index is 0.475. The summed E-state index contributed by atoms with van der Waals surface area (Å²) in [7, 11) is 0. The first kappa shape index (κ1) is 14.3. The zero-order valence-electron chi connectivity index (χ0n) is 12.7. The number of nitrogens with one attached hydrogen (secondary N) is 1. The fourth-order valence-electron chi connectivity index (χ4n) is 2.88. The Bertz CT molecular complexity index is 403. The predicted molar refractivity (Wildman–Crippen MR) is 81.4 cm³/mol. The molecule has 2 heterocycles. The van der Waals surface area contributed by atoms with Gasteiger partial charge in [-0.2, -0.15) is 0 Å². The van der Waals surface area contributed by atoms with Gasteiger partial charge in [0.15, 0.2) is 0 Å². The van der Waals surface area contributed by atoms with Crippen LogP contribution < -0.4 is 5.32 Å². The van der Waals surface area contributed by atoms with Gasteiger partial charge in [0.05, 0.1) is 0 Å². The highest BCUT2D eigenvalue weighted by Gasteiger charge is 2.29. The summed E-state index contributed by atoms with van der Waals surface area (Å²) in [5.41, 5.74) is 1.37. The highest BCUT2D eigenvalue weighted by Crippen LogP contribution is 2.36. The lowest BCUT2D eigenvalue weighted by Crippen LogP contribution is -2.31. The van der Waals surface area contributed by atoms with Crippen molar-refractivity contribution >= 4 is 5.82 Å². The van der Waals surface area contributed by atoms with Crippen LogP contribution in [0.4, 0.5) is 5.82 Å². The van der Waals surface area contributed by atoms with Crippen molar-refractivity contribution in [1.82, 2.24) is 9.88 Å². The third kappa shape index (κ3) is 3.27. The van der Waals surface area contributed by atoms with Gasteiger partial charge in [-0.25, -0.2) is 4.98 Å². The van der Waals surface area contributed by atoms with Crippen LogP contribution in [0.25, 0.3) is 0 Å². The van der Waals surface area contributed by atoms with Crippen LogP contribution in [0.15, 0.2) is 18.3 Å². The first-order valence-corrected chi connectivity index (χ1v) is 7.60. The van der Waals surface area contributed by atoms with E-state index in [0.29, 0.717) is 18.1 Å². The van der Waals surface area contributed by atoms with Crippen molar-refractivity contribution < 1.29 is 0 Å². The lowest BCUT2D eigenvalue weighted by atomic mass is 10.0. The Morgan fingerprint density at radius 3 is 2.89 bits per heavy atom. The molecule has 0 saturated carbocycles. The molecule has 1 saturated heterocycles. The van der Waals surface area contributed by atoms with E-state index in [0.717, 1.165) is 12.2 Å². The fourth-order valence-corrected chi connectivity index (χ4v) is 2.88. The molecular formula is C16H27N3. The number of hydrogen-bond acceptors (Lipinski definition) is 3. The van der Waals surface area contributed by atoms with E-state index >= 15 is 0 Å². The zero-order valence-corrected chi connectivity index (χ0v) is 12.7. The summed E-state index contributed by atoms with van der Waals surface area (Å²) in [6, 6.07) is 5.91. The lowest BCUT2D eigenvalue weighted by Gasteiger charge is -2.30. The van der Waals surface area contributed by atoms with Crippen LogP contribution in [0.2, 0.25) is 0 Å². The van der Waals surface area contributed by atoms with E-state index in [1.165, 1.54) is 24.9 Å². The molecule has 1 aliphatic heterocycles. The SMILES string of the molecule is CCC(C)Nc1ncccc1C1CCCN1C(C)C. The number of nitrogens with zero attached hydrogens (tertiary/aromatic N) is 2. The summed E-state index contributed by atoms with van der Waals surface area (Å²) in [5.74, 6) is 1.08. The van der Waals surface area contributed by atoms with E-state index in [-0.39, 0.29) is 0 Å². The van der Waals surface area contributed by atoms with Crippen LogP contribution in [0.5, 0.6) is 0 Å². The highest BCUT2D eigenvalue weighted by atomic mass is 15.2. The molecule has 0 amide bonds. The summed E-state index contributed by atoms with van der Waals surface area (Å²) < 4.78 is 0. The van der Waals surface area contributed by atoms with Crippen molar-refractivity contribution in [2.45, 2.75) is 65.1 Å². The number of likely N-dealkylation sites (tertiary alicyclic amines) is 1. The third-order valence-corrected chi connectivity index (χ3v) is 4.15. The van der Waals surface area contributed by atoms with Gasteiger partial charge in [0, 0.05) is 29.9 Å². The molecule has 1 aliphatic rings. The standard InChI is InChI=1S/C16H27N3/c1-5-13(4)18-16-14(8-6-10-17-16)15-9-7-11-19(15)12(2)3/h6,8,10,12-13,15H,5,7,9,11H2,1-4H3,(H,17,18). The summed E-state index contributed by atoms with van der Waals surface area (Å²) in [6.45, 7) is 10.2. The largest absolute Gasteiger partial charge is 0.367 e. The first-order valence-electron chi connectivity index (χ1n) is 7.60. The number of hydrogen-bond donors (Lipinski definition) is 1. The molecule has 19 heavy (non-hydrogen) atoms. The van der Waals surface area contributed by atoms with E-state index < -0.39 is 0 Å². The van der Waals surface area contributed by atoms with Crippen LogP contribution in [-0.2, 0) is 0 Å². The average Bonchev–Trinajstić information content (AvgIpc) is 2.88. The van der Waals surface area contributed by atoms with E-state index in [2.05, 4.69) is 55.0 Å². The first-order chi connectivity index (χ1) is 9.13. The van der Waals surface area contributed by atoms with Crippen molar-refractivity contribution in [2.24, 2.45) is 0 Å². The molecule has 2 atom stereocenters. The van der Waals surface area contributed by atoms with Gasteiger partial charge in [-0.15, -0.1) is 0 Å². The molecule has 1 fully saturated rings. The monoisotopic (exact) mass is 261 g/mol. The number of pyridine rings is 1. The quantitative estimate of drug-likeness (QED) is 0.873. The van der Waals surface area contributed by atoms with Gasteiger partial charge in [0.25, 0.3) is 0 Å². The second kappa shape index (κ2) is 6.38. The zero-order chi connectivity index (χ0) is 13.8. The molecule has 0 radical (unpaired) electrons. The van der Waals surface area contributed by atoms with Gasteiger partial charge in [0.1, 0.15) is 5.82 Å². The third-order valence-electron chi connectivity index (χ3n) is 4.15. The maximum Gasteiger partial charge on any atom is 0.130 e. The molecule has 0 bridgehead atoms. The Balaban J connectivity index is 2.23. The van der Waals surface area contributed by atoms with Crippen molar-refractivity contribution in [1.29, 1.82) is 0 Å². The Morgan fingerprint density at radius 2 is 2.21 bits per heavy atom. The van der Waals surface area contributed by atoms with Gasteiger partial charge in [0.2, 0.25) is 0 Å². The summed E-state index contributed by atoms with van der Waals surface area (Å²) in [6.07, 6.45) is 5.55. The maximum absolute atomic E-state index is 4.57. The topological polar surface area (TPSA) is 28.2 Å². The molecule has 3 heteroatoms. The predicted octanol–water partition coefficient (Wildman–Crippen LogP) is 3.84. The fraction of sp³-hybridized carbons (Fsp3) is 0.688. The molecule has 1 aromatic rings. The number of aromatic nitrogens is 1. The summed E-state index contributed by atoms with van der Waals surface area (Å²) in [5, 5.41) is 3.56. The lowest BCUT2D eigenvalue weighted by molar-refractivity contribution is 0.205. The molecule has 2 unspecified atom stereocenters. The normalized spacial score (nSPS) is 21.8. The van der Waals surface area contributed by atoms with Crippen molar-refractivity contribution in [3.05, 3.63) is 23.9 Å². The van der Waals surface area contributed by atoms with Crippen molar-refractivity contribution in [3.8, 4) is 0 Å². The van der Waals surface area contributed by atoms with E-state index in [1.807, 2.05) is 6.20 Å². The van der Waals surface area contributed by atoms with Gasteiger partial charge in [-0.3, -0.25) is 4.90 Å². The van der Waals surface area contributed by atoms with E-state index in [9.17, 15) is 0 Å². The van der Waals surface area contributed by atoms with E-state index in [1.54, 1.807) is 0 Å². The van der Waals surface area contributed by atoms with Gasteiger partial charge >= 0.3 is 0 Å². The van der Waals surface area contributed by atoms with Crippen LogP contribution in [0.3, 0.4) is 0 Å². The van der Waals surface area contributed by atoms with Crippen LogP contribution in [-0.4, -0.2) is 28.5 Å². The number of anilines is 1. The smallest absolute Gasteiger partial charge is 0.130 e. The number of rotatable bonds is 5. The molecule has 3 nitrogen and oxygen atoms in total. The minimum Gasteiger partial charge on any atom is -0.367 e. The van der Waals surface area contributed by atoms with Crippen LogP contribution >= 0.6 is 0 Å². The minimum absolute atomic E-state index is 0.475. The maximum atomic E-state index is 4.57. The average molecular weight is 261 g/mol. The van der Waals surface area contributed by atoms with Crippen LogP contribution in [0, 0.1) is 0 Å². The highest BCUT2D eigenvalue weighted by molar-refractivity contribution is 5.46. The Hall–Kier alpha value is -1.09.